The zero-order valence-electron chi connectivity index (χ0n) is 20.2. The fraction of sp³-hybridized carbons (Fsp3) is 0.188. The molecule has 0 amide bonds. The average Bonchev–Trinajstić information content (AvgIpc) is 3.20. The number of benzene rings is 4. The maximum atomic E-state index is 5.92. The minimum absolute atomic E-state index is 0.0560. The highest BCUT2D eigenvalue weighted by molar-refractivity contribution is 7.95. The van der Waals surface area contributed by atoms with Crippen LogP contribution in [0.25, 0.3) is 5.57 Å². The molecule has 4 aromatic rings. The largest absolute Gasteiger partial charge is 0.492 e. The van der Waals surface area contributed by atoms with Gasteiger partial charge in [-0.05, 0) is 72.7 Å². The maximum absolute atomic E-state index is 5.92. The summed E-state index contributed by atoms with van der Waals surface area (Å²) in [5.41, 5.74) is 3.97. The highest BCUT2D eigenvalue weighted by Crippen LogP contribution is 2.55. The van der Waals surface area contributed by atoms with Crippen LogP contribution in [-0.4, -0.2) is 12.8 Å². The summed E-state index contributed by atoms with van der Waals surface area (Å²) in [7, 11) is -1.87. The molecule has 0 saturated carbocycles. The van der Waals surface area contributed by atoms with E-state index in [0.29, 0.717) is 0 Å². The van der Waals surface area contributed by atoms with Crippen LogP contribution in [0.2, 0.25) is 0 Å². The molecular weight excluding hydrogens is 431 g/mol. The lowest BCUT2D eigenvalue weighted by molar-refractivity contribution is 0.291. The highest BCUT2D eigenvalue weighted by Gasteiger charge is 2.44. The number of hydrogen-bond acceptors (Lipinski definition) is 1. The summed E-state index contributed by atoms with van der Waals surface area (Å²) in [6.07, 6.45) is 3.44. The summed E-state index contributed by atoms with van der Waals surface area (Å²) in [4.78, 5) is 0. The van der Waals surface area contributed by atoms with E-state index in [4.69, 9.17) is 4.74 Å². The van der Waals surface area contributed by atoms with Crippen molar-refractivity contribution in [1.82, 2.24) is 0 Å². The Labute approximate surface area is 204 Å². The van der Waals surface area contributed by atoms with Gasteiger partial charge in [0.1, 0.15) is 28.9 Å². The van der Waals surface area contributed by atoms with Crippen molar-refractivity contribution in [3.63, 3.8) is 0 Å². The first-order valence-electron chi connectivity index (χ1n) is 12.0. The normalized spacial score (nSPS) is 15.0. The van der Waals surface area contributed by atoms with E-state index in [-0.39, 0.29) is 5.41 Å². The summed E-state index contributed by atoms with van der Waals surface area (Å²) in [6, 6.07) is 40.0. The molecule has 2 heteroatoms. The summed E-state index contributed by atoms with van der Waals surface area (Å²) in [5.74, 6) is 1.03. The van der Waals surface area contributed by atoms with Gasteiger partial charge in [0.25, 0.3) is 0 Å². The van der Waals surface area contributed by atoms with E-state index in [1.165, 1.54) is 32.6 Å². The third-order valence-corrected chi connectivity index (χ3v) is 11.3. The number of fused-ring (bicyclic) bond motifs is 1. The molecule has 1 heterocycles. The van der Waals surface area contributed by atoms with Gasteiger partial charge >= 0.3 is 0 Å². The smallest absolute Gasteiger partial charge is 0.123 e. The standard InChI is InChI=1S/C32H32OP/c1-25(26-19-20-31-30(23-26)32(2,3)24-33-31)21-22-34(27-13-7-4-8-14-27,28-15-9-5-10-16-28)29-17-11-6-12-18-29/h4-21,23H,22,24H2,1-3H3/q+1. The van der Waals surface area contributed by atoms with Gasteiger partial charge in [-0.2, -0.15) is 0 Å². The second kappa shape index (κ2) is 9.24. The van der Waals surface area contributed by atoms with Gasteiger partial charge < -0.3 is 4.74 Å². The van der Waals surface area contributed by atoms with Crippen LogP contribution >= 0.6 is 7.26 Å². The number of ether oxygens (including phenoxy) is 1. The zero-order chi connectivity index (χ0) is 23.6. The van der Waals surface area contributed by atoms with Gasteiger partial charge in [0, 0.05) is 11.0 Å². The molecule has 1 nitrogen and oxygen atoms in total. The molecule has 0 N–H and O–H groups in total. The Balaban J connectivity index is 1.63. The Hall–Kier alpha value is -3.15. The van der Waals surface area contributed by atoms with Gasteiger partial charge in [0.05, 0.1) is 12.8 Å². The van der Waals surface area contributed by atoms with Gasteiger partial charge in [-0.25, -0.2) is 0 Å². The second-order valence-corrected chi connectivity index (χ2v) is 13.3. The minimum Gasteiger partial charge on any atom is -0.492 e. The molecule has 5 rings (SSSR count). The topological polar surface area (TPSA) is 9.23 Å². The zero-order valence-corrected chi connectivity index (χ0v) is 21.1. The maximum Gasteiger partial charge on any atom is 0.123 e. The van der Waals surface area contributed by atoms with Crippen molar-refractivity contribution in [3.05, 3.63) is 126 Å². The molecule has 0 aliphatic carbocycles. The van der Waals surface area contributed by atoms with E-state index in [9.17, 15) is 0 Å². The minimum atomic E-state index is -1.87. The van der Waals surface area contributed by atoms with Crippen LogP contribution in [0.15, 0.2) is 115 Å². The van der Waals surface area contributed by atoms with Crippen molar-refractivity contribution >= 4 is 28.7 Å². The predicted molar refractivity (Wildman–Crippen MR) is 149 cm³/mol. The van der Waals surface area contributed by atoms with Gasteiger partial charge in [-0.3, -0.25) is 0 Å². The van der Waals surface area contributed by atoms with E-state index >= 15 is 0 Å². The fourth-order valence-corrected chi connectivity index (χ4v) is 9.09. The lowest BCUT2D eigenvalue weighted by Gasteiger charge is -2.27. The van der Waals surface area contributed by atoms with Crippen molar-refractivity contribution in [2.45, 2.75) is 26.2 Å². The summed E-state index contributed by atoms with van der Waals surface area (Å²) in [5, 5.41) is 4.25. The third kappa shape index (κ3) is 4.10. The molecule has 170 valence electrons. The SMILES string of the molecule is CC(=CC[P+](c1ccccc1)(c1ccccc1)c1ccccc1)c1ccc2c(c1)C(C)(C)CO2. The van der Waals surface area contributed by atoms with E-state index in [1.807, 2.05) is 0 Å². The van der Waals surface area contributed by atoms with Gasteiger partial charge in [0.2, 0.25) is 0 Å². The molecule has 0 radical (unpaired) electrons. The van der Waals surface area contributed by atoms with Crippen LogP contribution in [0.5, 0.6) is 5.75 Å². The van der Waals surface area contributed by atoms with Crippen LogP contribution in [0.1, 0.15) is 31.9 Å². The van der Waals surface area contributed by atoms with E-state index < -0.39 is 7.26 Å². The van der Waals surface area contributed by atoms with Crippen LogP contribution < -0.4 is 20.7 Å². The molecular formula is C32H32OP+. The lowest BCUT2D eigenvalue weighted by Crippen LogP contribution is -2.33. The van der Waals surface area contributed by atoms with Crippen LogP contribution in [0.3, 0.4) is 0 Å². The predicted octanol–water partition coefficient (Wildman–Crippen LogP) is 6.75. The quantitative estimate of drug-likeness (QED) is 0.287. The molecule has 0 fully saturated rings. The number of hydrogen-bond donors (Lipinski definition) is 0. The Morgan fingerprint density at radius 2 is 1.26 bits per heavy atom. The molecule has 0 unspecified atom stereocenters. The molecule has 0 saturated heterocycles. The Morgan fingerprint density at radius 1 is 0.765 bits per heavy atom. The molecule has 0 atom stereocenters. The first-order chi connectivity index (χ1) is 16.5. The summed E-state index contributed by atoms with van der Waals surface area (Å²) >= 11 is 0. The molecule has 1 aliphatic rings. The van der Waals surface area contributed by atoms with Gasteiger partial charge in [-0.1, -0.05) is 74.5 Å². The van der Waals surface area contributed by atoms with E-state index in [1.54, 1.807) is 0 Å². The molecule has 1 aliphatic heterocycles. The highest BCUT2D eigenvalue weighted by atomic mass is 31.2. The fourth-order valence-electron chi connectivity index (χ4n) is 4.97. The first-order valence-corrected chi connectivity index (χ1v) is 14.0. The van der Waals surface area contributed by atoms with Crippen molar-refractivity contribution in [1.29, 1.82) is 0 Å². The lowest BCUT2D eigenvalue weighted by atomic mass is 9.85. The van der Waals surface area contributed by atoms with Crippen LogP contribution in [0.4, 0.5) is 0 Å². The Morgan fingerprint density at radius 3 is 1.76 bits per heavy atom. The van der Waals surface area contributed by atoms with Crippen LogP contribution in [-0.2, 0) is 5.41 Å². The summed E-state index contributed by atoms with van der Waals surface area (Å²) < 4.78 is 5.92. The van der Waals surface area contributed by atoms with Gasteiger partial charge in [-0.15, -0.1) is 0 Å². The summed E-state index contributed by atoms with van der Waals surface area (Å²) in [6.45, 7) is 7.52. The molecule has 0 spiro atoms. The second-order valence-electron chi connectivity index (χ2n) is 9.77. The Kier molecular flexibility index (Phi) is 6.15. The number of allylic oxidation sites excluding steroid dienone is 2. The molecule has 0 aromatic heterocycles. The van der Waals surface area contributed by atoms with Crippen LogP contribution in [0, 0.1) is 0 Å². The number of rotatable bonds is 6. The molecule has 34 heavy (non-hydrogen) atoms. The van der Waals surface area contributed by atoms with Crippen molar-refractivity contribution in [3.8, 4) is 5.75 Å². The average molecular weight is 464 g/mol. The molecule has 0 bridgehead atoms. The van der Waals surface area contributed by atoms with Gasteiger partial charge in [0.15, 0.2) is 0 Å². The Bertz CT molecular complexity index is 1190. The monoisotopic (exact) mass is 463 g/mol. The van der Waals surface area contributed by atoms with E-state index in [0.717, 1.165) is 18.5 Å². The third-order valence-electron chi connectivity index (χ3n) is 7.01. The van der Waals surface area contributed by atoms with Crippen molar-refractivity contribution in [2.75, 3.05) is 12.8 Å². The van der Waals surface area contributed by atoms with Crippen molar-refractivity contribution in [2.24, 2.45) is 0 Å². The van der Waals surface area contributed by atoms with Crippen molar-refractivity contribution < 1.29 is 4.74 Å². The first kappa shape index (κ1) is 22.6. The molecule has 4 aromatic carbocycles. The van der Waals surface area contributed by atoms with E-state index in [2.05, 4.69) is 136 Å².